The van der Waals surface area contributed by atoms with Gasteiger partial charge in [0.1, 0.15) is 5.82 Å². The lowest BCUT2D eigenvalue weighted by molar-refractivity contribution is 0.0697. The van der Waals surface area contributed by atoms with Gasteiger partial charge in [-0.05, 0) is 24.5 Å². The SMILES string of the molecule is CCCCC(CC)CNc1c(F)cccc1C(=O)O. The van der Waals surface area contributed by atoms with Gasteiger partial charge in [-0.25, -0.2) is 9.18 Å². The number of benzene rings is 1. The van der Waals surface area contributed by atoms with Crippen LogP contribution < -0.4 is 5.32 Å². The van der Waals surface area contributed by atoms with E-state index in [9.17, 15) is 9.18 Å². The molecule has 0 aromatic heterocycles. The lowest BCUT2D eigenvalue weighted by atomic mass is 9.99. The summed E-state index contributed by atoms with van der Waals surface area (Å²) in [6.45, 7) is 4.85. The molecule has 1 aromatic carbocycles. The second-order valence-electron chi connectivity index (χ2n) is 4.76. The highest BCUT2D eigenvalue weighted by atomic mass is 19.1. The average Bonchev–Trinajstić information content (AvgIpc) is 2.40. The zero-order valence-corrected chi connectivity index (χ0v) is 11.6. The highest BCUT2D eigenvalue weighted by Gasteiger charge is 2.15. The minimum atomic E-state index is -1.11. The molecule has 0 aliphatic heterocycles. The van der Waals surface area contributed by atoms with Gasteiger partial charge >= 0.3 is 5.97 Å². The fourth-order valence-electron chi connectivity index (χ4n) is 2.07. The van der Waals surface area contributed by atoms with E-state index in [-0.39, 0.29) is 11.3 Å². The van der Waals surface area contributed by atoms with Gasteiger partial charge < -0.3 is 10.4 Å². The van der Waals surface area contributed by atoms with Crippen molar-refractivity contribution in [3.05, 3.63) is 29.6 Å². The van der Waals surface area contributed by atoms with Crippen molar-refractivity contribution in [2.24, 2.45) is 5.92 Å². The van der Waals surface area contributed by atoms with E-state index in [1.807, 2.05) is 0 Å². The van der Waals surface area contributed by atoms with Crippen LogP contribution in [-0.2, 0) is 0 Å². The molecule has 0 amide bonds. The normalized spacial score (nSPS) is 12.2. The molecule has 1 aromatic rings. The van der Waals surface area contributed by atoms with E-state index < -0.39 is 11.8 Å². The van der Waals surface area contributed by atoms with Crippen molar-refractivity contribution in [3.63, 3.8) is 0 Å². The minimum Gasteiger partial charge on any atom is -0.478 e. The van der Waals surface area contributed by atoms with Crippen LogP contribution in [0.5, 0.6) is 0 Å². The van der Waals surface area contributed by atoms with Crippen LogP contribution in [-0.4, -0.2) is 17.6 Å². The van der Waals surface area contributed by atoms with Crippen LogP contribution in [0.1, 0.15) is 49.9 Å². The number of carbonyl (C=O) groups is 1. The van der Waals surface area contributed by atoms with E-state index in [0.717, 1.165) is 25.7 Å². The molecule has 1 atom stereocenters. The zero-order chi connectivity index (χ0) is 14.3. The first-order valence-electron chi connectivity index (χ1n) is 6.85. The number of hydrogen-bond acceptors (Lipinski definition) is 2. The van der Waals surface area contributed by atoms with Gasteiger partial charge in [0.2, 0.25) is 0 Å². The van der Waals surface area contributed by atoms with Gasteiger partial charge in [-0.2, -0.15) is 0 Å². The molecule has 0 bridgehead atoms. The summed E-state index contributed by atoms with van der Waals surface area (Å²) in [5.74, 6) is -1.17. The predicted octanol–water partition coefficient (Wildman–Crippen LogP) is 4.15. The molecule has 0 heterocycles. The number of hydrogen-bond donors (Lipinski definition) is 2. The minimum absolute atomic E-state index is 0.00894. The number of carboxylic acid groups (broad SMARTS) is 1. The summed E-state index contributed by atoms with van der Waals surface area (Å²) in [6.07, 6.45) is 4.36. The van der Waals surface area contributed by atoms with E-state index in [1.54, 1.807) is 0 Å². The molecule has 0 saturated carbocycles. The average molecular weight is 267 g/mol. The third-order valence-electron chi connectivity index (χ3n) is 3.35. The molecule has 0 aliphatic carbocycles. The third kappa shape index (κ3) is 4.54. The Morgan fingerprint density at radius 1 is 1.42 bits per heavy atom. The second-order valence-corrected chi connectivity index (χ2v) is 4.76. The summed E-state index contributed by atoms with van der Waals surface area (Å²) < 4.78 is 13.7. The fourth-order valence-corrected chi connectivity index (χ4v) is 2.07. The van der Waals surface area contributed by atoms with Crippen LogP contribution in [0, 0.1) is 11.7 Å². The molecule has 0 aliphatic rings. The number of rotatable bonds is 8. The van der Waals surface area contributed by atoms with Crippen LogP contribution in [0.3, 0.4) is 0 Å². The summed E-state index contributed by atoms with van der Waals surface area (Å²) >= 11 is 0. The molecule has 4 heteroatoms. The topological polar surface area (TPSA) is 49.3 Å². The van der Waals surface area contributed by atoms with Crippen molar-refractivity contribution in [2.45, 2.75) is 39.5 Å². The molecule has 106 valence electrons. The monoisotopic (exact) mass is 267 g/mol. The zero-order valence-electron chi connectivity index (χ0n) is 11.6. The summed E-state index contributed by atoms with van der Waals surface area (Å²) in [5.41, 5.74) is 0.0929. The van der Waals surface area contributed by atoms with Crippen LogP contribution in [0.25, 0.3) is 0 Å². The van der Waals surface area contributed by atoms with Crippen molar-refractivity contribution in [3.8, 4) is 0 Å². The number of anilines is 1. The van der Waals surface area contributed by atoms with E-state index in [1.165, 1.54) is 18.2 Å². The fraction of sp³-hybridized carbons (Fsp3) is 0.533. The first kappa shape index (κ1) is 15.5. The smallest absolute Gasteiger partial charge is 0.337 e. The van der Waals surface area contributed by atoms with Gasteiger partial charge in [-0.3, -0.25) is 0 Å². The summed E-state index contributed by atoms with van der Waals surface area (Å²) in [6, 6.07) is 4.11. The molecule has 1 unspecified atom stereocenters. The molecule has 19 heavy (non-hydrogen) atoms. The molecular formula is C15H22FNO2. The van der Waals surface area contributed by atoms with Crippen molar-refractivity contribution in [2.75, 3.05) is 11.9 Å². The van der Waals surface area contributed by atoms with E-state index in [4.69, 9.17) is 5.11 Å². The number of carboxylic acids is 1. The second kappa shape index (κ2) is 7.77. The van der Waals surface area contributed by atoms with Gasteiger partial charge in [-0.15, -0.1) is 0 Å². The summed E-state index contributed by atoms with van der Waals surface area (Å²) in [5, 5.41) is 12.0. The maximum atomic E-state index is 13.7. The quantitative estimate of drug-likeness (QED) is 0.743. The lowest BCUT2D eigenvalue weighted by Gasteiger charge is -2.17. The Morgan fingerprint density at radius 2 is 2.16 bits per heavy atom. The molecule has 2 N–H and O–H groups in total. The summed E-state index contributed by atoms with van der Waals surface area (Å²) in [7, 11) is 0. The Balaban J connectivity index is 2.73. The van der Waals surface area contributed by atoms with Gasteiger partial charge in [0, 0.05) is 6.54 Å². The first-order valence-corrected chi connectivity index (χ1v) is 6.85. The maximum absolute atomic E-state index is 13.7. The Kier molecular flexibility index (Phi) is 6.33. The molecule has 0 saturated heterocycles. The Labute approximate surface area is 113 Å². The molecule has 0 radical (unpaired) electrons. The highest BCUT2D eigenvalue weighted by Crippen LogP contribution is 2.21. The number of aromatic carboxylic acids is 1. The number of nitrogens with one attached hydrogen (secondary N) is 1. The lowest BCUT2D eigenvalue weighted by Crippen LogP contribution is -2.16. The van der Waals surface area contributed by atoms with Crippen LogP contribution in [0.4, 0.5) is 10.1 Å². The predicted molar refractivity (Wildman–Crippen MR) is 75.2 cm³/mol. The van der Waals surface area contributed by atoms with Crippen molar-refractivity contribution >= 4 is 11.7 Å². The van der Waals surface area contributed by atoms with Gasteiger partial charge in [-0.1, -0.05) is 39.2 Å². The Hall–Kier alpha value is -1.58. The van der Waals surface area contributed by atoms with Gasteiger partial charge in [0.15, 0.2) is 0 Å². The van der Waals surface area contributed by atoms with Gasteiger partial charge in [0.25, 0.3) is 0 Å². The van der Waals surface area contributed by atoms with Crippen molar-refractivity contribution in [1.82, 2.24) is 0 Å². The molecule has 0 fully saturated rings. The van der Waals surface area contributed by atoms with Crippen LogP contribution >= 0.6 is 0 Å². The number of halogens is 1. The maximum Gasteiger partial charge on any atom is 0.337 e. The molecule has 0 spiro atoms. The number of unbranched alkanes of at least 4 members (excludes halogenated alkanes) is 1. The first-order chi connectivity index (χ1) is 9.10. The summed E-state index contributed by atoms with van der Waals surface area (Å²) in [4.78, 5) is 11.1. The third-order valence-corrected chi connectivity index (χ3v) is 3.35. The van der Waals surface area contributed by atoms with Crippen molar-refractivity contribution in [1.29, 1.82) is 0 Å². The molecular weight excluding hydrogens is 245 g/mol. The standard InChI is InChI=1S/C15H22FNO2/c1-3-5-7-11(4-2)10-17-14-12(15(18)19)8-6-9-13(14)16/h6,8-9,11,17H,3-5,7,10H2,1-2H3,(H,18,19). The Morgan fingerprint density at radius 3 is 2.74 bits per heavy atom. The van der Waals surface area contributed by atoms with Gasteiger partial charge in [0.05, 0.1) is 11.3 Å². The van der Waals surface area contributed by atoms with E-state index in [0.29, 0.717) is 12.5 Å². The van der Waals surface area contributed by atoms with Crippen molar-refractivity contribution < 1.29 is 14.3 Å². The molecule has 3 nitrogen and oxygen atoms in total. The largest absolute Gasteiger partial charge is 0.478 e. The van der Waals surface area contributed by atoms with Crippen LogP contribution in [0.15, 0.2) is 18.2 Å². The highest BCUT2D eigenvalue weighted by molar-refractivity contribution is 5.94. The molecule has 1 rings (SSSR count). The number of para-hydroxylation sites is 1. The van der Waals surface area contributed by atoms with E-state index >= 15 is 0 Å². The van der Waals surface area contributed by atoms with E-state index in [2.05, 4.69) is 19.2 Å². The Bertz CT molecular complexity index is 421. The van der Waals surface area contributed by atoms with Crippen LogP contribution in [0.2, 0.25) is 0 Å².